The average molecular weight is 391 g/mol. The quantitative estimate of drug-likeness (QED) is 0.514. The number of hydrogen-bond donors (Lipinski definition) is 1. The fraction of sp³-hybridized carbons (Fsp3) is 0.261. The number of Topliss-reactive ketones (excluding diaryl/α,β-unsaturated/α-hetero) is 1. The summed E-state index contributed by atoms with van der Waals surface area (Å²) in [7, 11) is 0. The van der Waals surface area contributed by atoms with Crippen LogP contribution in [-0.4, -0.2) is 23.3 Å². The number of aliphatic hydroxyl groups is 1. The van der Waals surface area contributed by atoms with E-state index in [1.165, 1.54) is 11.0 Å². The fourth-order valence-corrected chi connectivity index (χ4v) is 3.80. The third-order valence-corrected chi connectivity index (χ3v) is 5.33. The van der Waals surface area contributed by atoms with E-state index >= 15 is 0 Å². The molecule has 148 valence electrons. The molecule has 1 aromatic heterocycles. The number of amides is 1. The van der Waals surface area contributed by atoms with Gasteiger partial charge in [-0.05, 0) is 24.6 Å². The van der Waals surface area contributed by atoms with Crippen LogP contribution in [0, 0.1) is 0 Å². The van der Waals surface area contributed by atoms with Crippen LogP contribution in [0.4, 0.5) is 5.69 Å². The van der Waals surface area contributed by atoms with Crippen molar-refractivity contribution in [3.05, 3.63) is 76.1 Å². The smallest absolute Gasteiger partial charge is 0.347 e. The highest BCUT2D eigenvalue weighted by Gasteiger charge is 2.50. The van der Waals surface area contributed by atoms with Crippen LogP contribution in [0.5, 0.6) is 0 Å². The molecule has 2 aromatic carbocycles. The Morgan fingerprint density at radius 2 is 1.83 bits per heavy atom. The Morgan fingerprint density at radius 3 is 2.62 bits per heavy atom. The lowest BCUT2D eigenvalue weighted by atomic mass is 9.88. The summed E-state index contributed by atoms with van der Waals surface area (Å²) >= 11 is 0. The molecule has 1 atom stereocenters. The van der Waals surface area contributed by atoms with E-state index in [0.29, 0.717) is 28.8 Å². The zero-order chi connectivity index (χ0) is 20.6. The summed E-state index contributed by atoms with van der Waals surface area (Å²) in [6, 6.07) is 15.2. The number of unbranched alkanes of at least 4 members (excludes halogenated alkanes) is 1. The zero-order valence-corrected chi connectivity index (χ0v) is 16.1. The molecule has 29 heavy (non-hydrogen) atoms. The Hall–Kier alpha value is -3.25. The highest BCUT2D eigenvalue weighted by atomic mass is 16.4. The van der Waals surface area contributed by atoms with Crippen molar-refractivity contribution in [2.24, 2.45) is 0 Å². The number of anilines is 1. The second-order valence-corrected chi connectivity index (χ2v) is 7.27. The Kier molecular flexibility index (Phi) is 4.80. The first-order valence-corrected chi connectivity index (χ1v) is 9.65. The van der Waals surface area contributed by atoms with Gasteiger partial charge in [-0.15, -0.1) is 0 Å². The molecule has 4 rings (SSSR count). The largest absolute Gasteiger partial charge is 0.422 e. The van der Waals surface area contributed by atoms with Gasteiger partial charge in [0, 0.05) is 17.5 Å². The number of carbonyl (C=O) groups excluding carboxylic acids is 2. The molecule has 2 heterocycles. The number of para-hydroxylation sites is 2. The summed E-state index contributed by atoms with van der Waals surface area (Å²) in [4.78, 5) is 39.9. The third kappa shape index (κ3) is 3.15. The van der Waals surface area contributed by atoms with Crippen molar-refractivity contribution in [3.63, 3.8) is 0 Å². The van der Waals surface area contributed by atoms with Gasteiger partial charge in [-0.3, -0.25) is 9.59 Å². The second-order valence-electron chi connectivity index (χ2n) is 7.27. The number of carbonyl (C=O) groups is 2. The molecule has 0 aliphatic carbocycles. The Bertz CT molecular complexity index is 1170. The van der Waals surface area contributed by atoms with Crippen LogP contribution in [0.1, 0.15) is 42.1 Å². The van der Waals surface area contributed by atoms with E-state index in [0.717, 1.165) is 12.8 Å². The van der Waals surface area contributed by atoms with E-state index in [1.54, 1.807) is 48.5 Å². The highest BCUT2D eigenvalue weighted by molar-refractivity contribution is 6.11. The Balaban J connectivity index is 1.71. The van der Waals surface area contributed by atoms with Gasteiger partial charge in [-0.1, -0.05) is 49.7 Å². The normalized spacial score (nSPS) is 18.3. The number of hydrogen-bond acceptors (Lipinski definition) is 5. The first-order chi connectivity index (χ1) is 14.0. The lowest BCUT2D eigenvalue weighted by Crippen LogP contribution is -2.42. The first-order valence-electron chi connectivity index (χ1n) is 9.65. The molecule has 6 heteroatoms. The lowest BCUT2D eigenvalue weighted by Gasteiger charge is -2.22. The van der Waals surface area contributed by atoms with Crippen LogP contribution in [-0.2, 0) is 10.4 Å². The van der Waals surface area contributed by atoms with Gasteiger partial charge >= 0.3 is 5.63 Å². The third-order valence-electron chi connectivity index (χ3n) is 5.33. The number of benzene rings is 2. The monoisotopic (exact) mass is 391 g/mol. The topological polar surface area (TPSA) is 87.8 Å². The van der Waals surface area contributed by atoms with Crippen molar-refractivity contribution in [2.75, 3.05) is 11.4 Å². The molecule has 0 fully saturated rings. The van der Waals surface area contributed by atoms with Crippen molar-refractivity contribution in [1.82, 2.24) is 0 Å². The van der Waals surface area contributed by atoms with Gasteiger partial charge in [-0.25, -0.2) is 4.79 Å². The van der Waals surface area contributed by atoms with Crippen LogP contribution >= 0.6 is 0 Å². The molecule has 0 bridgehead atoms. The summed E-state index contributed by atoms with van der Waals surface area (Å²) in [5.74, 6) is -1.17. The molecule has 1 aliphatic heterocycles. The number of ketones is 1. The van der Waals surface area contributed by atoms with Crippen molar-refractivity contribution in [1.29, 1.82) is 0 Å². The maximum atomic E-state index is 13.1. The van der Waals surface area contributed by atoms with Gasteiger partial charge in [0.15, 0.2) is 11.4 Å². The SMILES string of the molecule is CCCCN1C(=O)C(O)(CC(=O)c2cc3ccccc3oc2=O)c2ccccc21. The van der Waals surface area contributed by atoms with Crippen LogP contribution in [0.25, 0.3) is 11.0 Å². The number of rotatable bonds is 6. The number of fused-ring (bicyclic) bond motifs is 2. The molecular formula is C23H21NO5. The lowest BCUT2D eigenvalue weighted by molar-refractivity contribution is -0.135. The van der Waals surface area contributed by atoms with E-state index in [1.807, 2.05) is 6.92 Å². The van der Waals surface area contributed by atoms with Gasteiger partial charge in [0.2, 0.25) is 0 Å². The Morgan fingerprint density at radius 1 is 1.10 bits per heavy atom. The van der Waals surface area contributed by atoms with Crippen molar-refractivity contribution in [3.8, 4) is 0 Å². The predicted octanol–water partition coefficient (Wildman–Crippen LogP) is 3.40. The standard InChI is InChI=1S/C23H21NO5/c1-2-3-12-24-18-10-6-5-9-17(18)23(28,22(24)27)14-19(25)16-13-15-8-4-7-11-20(15)29-21(16)26/h4-11,13,28H,2-3,12,14H2,1H3. The van der Waals surface area contributed by atoms with E-state index in [4.69, 9.17) is 4.42 Å². The molecule has 1 N–H and O–H groups in total. The molecule has 0 spiro atoms. The summed E-state index contributed by atoms with van der Waals surface area (Å²) in [5, 5.41) is 11.9. The molecule has 1 amide bonds. The van der Waals surface area contributed by atoms with Gasteiger partial charge in [0.25, 0.3) is 5.91 Å². The molecule has 6 nitrogen and oxygen atoms in total. The van der Waals surface area contributed by atoms with Gasteiger partial charge in [0.1, 0.15) is 11.1 Å². The molecule has 0 saturated carbocycles. The van der Waals surface area contributed by atoms with Crippen LogP contribution in [0.3, 0.4) is 0 Å². The van der Waals surface area contributed by atoms with Crippen LogP contribution in [0.2, 0.25) is 0 Å². The summed E-state index contributed by atoms with van der Waals surface area (Å²) in [6.07, 6.45) is 1.15. The van der Waals surface area contributed by atoms with Gasteiger partial charge < -0.3 is 14.4 Å². The van der Waals surface area contributed by atoms with Gasteiger partial charge in [0.05, 0.1) is 12.1 Å². The minimum atomic E-state index is -2.00. The summed E-state index contributed by atoms with van der Waals surface area (Å²) in [6.45, 7) is 2.47. The van der Waals surface area contributed by atoms with E-state index in [-0.39, 0.29) is 5.56 Å². The van der Waals surface area contributed by atoms with Crippen LogP contribution < -0.4 is 10.5 Å². The fourth-order valence-electron chi connectivity index (χ4n) is 3.80. The number of nitrogens with zero attached hydrogens (tertiary/aromatic N) is 1. The molecule has 3 aromatic rings. The minimum absolute atomic E-state index is 0.172. The average Bonchev–Trinajstić information content (AvgIpc) is 2.93. The highest BCUT2D eigenvalue weighted by Crippen LogP contribution is 2.42. The molecule has 0 saturated heterocycles. The van der Waals surface area contributed by atoms with Crippen molar-refractivity contribution < 1.29 is 19.1 Å². The maximum Gasteiger partial charge on any atom is 0.347 e. The van der Waals surface area contributed by atoms with E-state index in [2.05, 4.69) is 0 Å². The van der Waals surface area contributed by atoms with E-state index < -0.39 is 29.3 Å². The second kappa shape index (κ2) is 7.29. The molecular weight excluding hydrogens is 370 g/mol. The molecule has 0 radical (unpaired) electrons. The molecule has 1 aliphatic rings. The van der Waals surface area contributed by atoms with Crippen molar-refractivity contribution in [2.45, 2.75) is 31.8 Å². The minimum Gasteiger partial charge on any atom is -0.422 e. The Labute approximate surface area is 167 Å². The molecule has 1 unspecified atom stereocenters. The van der Waals surface area contributed by atoms with Gasteiger partial charge in [-0.2, -0.15) is 0 Å². The van der Waals surface area contributed by atoms with Crippen molar-refractivity contribution >= 4 is 28.3 Å². The zero-order valence-electron chi connectivity index (χ0n) is 16.1. The maximum absolute atomic E-state index is 13.1. The summed E-state index contributed by atoms with van der Waals surface area (Å²) < 4.78 is 5.23. The first kappa shape index (κ1) is 19.1. The van der Waals surface area contributed by atoms with E-state index in [9.17, 15) is 19.5 Å². The predicted molar refractivity (Wildman–Crippen MR) is 109 cm³/mol. The summed E-state index contributed by atoms with van der Waals surface area (Å²) in [5.41, 5.74) is -1.58. The van der Waals surface area contributed by atoms with Crippen LogP contribution in [0.15, 0.2) is 63.8 Å².